The Kier molecular flexibility index (Phi) is 4.09. The number of ether oxygens (including phenoxy) is 2. The van der Waals surface area contributed by atoms with E-state index in [9.17, 15) is 9.18 Å². The van der Waals surface area contributed by atoms with Crippen LogP contribution in [-0.2, 0) is 10.4 Å². The van der Waals surface area contributed by atoms with Crippen LogP contribution >= 0.6 is 0 Å². The van der Waals surface area contributed by atoms with Crippen LogP contribution in [0.25, 0.3) is 22.6 Å². The molecule has 2 aromatic carbocycles. The zero-order valence-corrected chi connectivity index (χ0v) is 15.8. The van der Waals surface area contributed by atoms with Gasteiger partial charge < -0.3 is 14.8 Å². The molecular formula is C21H19FN4O3. The monoisotopic (exact) mass is 394 g/mol. The number of halogens is 1. The SMILES string of the molecule is COc1ccc(-c2nn3c(nc2=O)-c2ccc(F)cc2NC32CCOCC2)cc1. The lowest BCUT2D eigenvalue weighted by Gasteiger charge is -2.43. The van der Waals surface area contributed by atoms with Gasteiger partial charge in [-0.25, -0.2) is 9.07 Å². The van der Waals surface area contributed by atoms with Crippen LogP contribution in [0.1, 0.15) is 12.8 Å². The van der Waals surface area contributed by atoms with E-state index in [2.05, 4.69) is 10.3 Å². The molecule has 29 heavy (non-hydrogen) atoms. The van der Waals surface area contributed by atoms with E-state index in [-0.39, 0.29) is 11.5 Å². The zero-order valence-electron chi connectivity index (χ0n) is 15.8. The number of benzene rings is 2. The minimum absolute atomic E-state index is 0.259. The Morgan fingerprint density at radius 3 is 2.66 bits per heavy atom. The molecule has 1 spiro atoms. The normalized spacial score (nSPS) is 16.6. The molecule has 0 aliphatic carbocycles. The summed E-state index contributed by atoms with van der Waals surface area (Å²) in [5, 5.41) is 8.17. The fourth-order valence-corrected chi connectivity index (χ4v) is 3.95. The quantitative estimate of drug-likeness (QED) is 0.720. The predicted octanol–water partition coefficient (Wildman–Crippen LogP) is 3.01. The van der Waals surface area contributed by atoms with Gasteiger partial charge in [0.25, 0.3) is 5.56 Å². The summed E-state index contributed by atoms with van der Waals surface area (Å²) in [7, 11) is 1.59. The number of anilines is 1. The molecule has 2 aliphatic heterocycles. The zero-order chi connectivity index (χ0) is 20.0. The number of methoxy groups -OCH3 is 1. The van der Waals surface area contributed by atoms with Crippen LogP contribution in [-0.4, -0.2) is 35.1 Å². The van der Waals surface area contributed by atoms with E-state index in [4.69, 9.17) is 14.6 Å². The van der Waals surface area contributed by atoms with Gasteiger partial charge in [0.05, 0.1) is 20.3 Å². The molecule has 0 amide bonds. The molecule has 0 saturated carbocycles. The molecule has 7 nitrogen and oxygen atoms in total. The van der Waals surface area contributed by atoms with Crippen LogP contribution in [0.5, 0.6) is 5.75 Å². The molecule has 3 aromatic rings. The smallest absolute Gasteiger partial charge is 0.300 e. The Morgan fingerprint density at radius 2 is 1.93 bits per heavy atom. The molecule has 0 unspecified atom stereocenters. The standard InChI is InChI=1S/C21H19FN4O3/c1-28-15-5-2-13(3-6-15)18-20(27)23-19-16-7-4-14(22)12-17(16)24-21(26(19)25-18)8-10-29-11-9-21/h2-7,12,24H,8-11H2,1H3. The minimum atomic E-state index is -0.629. The van der Waals surface area contributed by atoms with Crippen molar-refractivity contribution in [2.24, 2.45) is 0 Å². The van der Waals surface area contributed by atoms with Crippen LogP contribution in [0.4, 0.5) is 10.1 Å². The fraction of sp³-hybridized carbons (Fsp3) is 0.286. The Balaban J connectivity index is 1.73. The third-order valence-electron chi connectivity index (χ3n) is 5.49. The summed E-state index contributed by atoms with van der Waals surface area (Å²) in [6, 6.07) is 11.5. The molecular weight excluding hydrogens is 375 g/mol. The Morgan fingerprint density at radius 1 is 1.17 bits per heavy atom. The van der Waals surface area contributed by atoms with E-state index in [1.54, 1.807) is 42.1 Å². The number of aromatic nitrogens is 3. The van der Waals surface area contributed by atoms with Crippen molar-refractivity contribution in [3.8, 4) is 28.4 Å². The predicted molar refractivity (Wildman–Crippen MR) is 105 cm³/mol. The number of nitrogens with one attached hydrogen (secondary N) is 1. The lowest BCUT2D eigenvalue weighted by atomic mass is 9.95. The topological polar surface area (TPSA) is 78.3 Å². The van der Waals surface area contributed by atoms with Gasteiger partial charge in [-0.15, -0.1) is 0 Å². The van der Waals surface area contributed by atoms with Crippen LogP contribution in [0.15, 0.2) is 47.3 Å². The van der Waals surface area contributed by atoms with Gasteiger partial charge >= 0.3 is 0 Å². The van der Waals surface area contributed by atoms with Crippen molar-refractivity contribution in [1.82, 2.24) is 14.8 Å². The van der Waals surface area contributed by atoms with Gasteiger partial charge in [-0.05, 0) is 42.5 Å². The number of rotatable bonds is 2. The van der Waals surface area contributed by atoms with Gasteiger partial charge in [0.1, 0.15) is 17.2 Å². The summed E-state index contributed by atoms with van der Waals surface area (Å²) >= 11 is 0. The van der Waals surface area contributed by atoms with Crippen molar-refractivity contribution in [1.29, 1.82) is 0 Å². The number of nitrogens with zero attached hydrogens (tertiary/aromatic N) is 3. The molecule has 1 aromatic heterocycles. The van der Waals surface area contributed by atoms with Crippen LogP contribution in [0, 0.1) is 5.82 Å². The van der Waals surface area contributed by atoms with Gasteiger partial charge in [0.2, 0.25) is 0 Å². The van der Waals surface area contributed by atoms with Crippen molar-refractivity contribution < 1.29 is 13.9 Å². The second-order valence-electron chi connectivity index (χ2n) is 7.19. The number of hydrogen-bond donors (Lipinski definition) is 1. The average molecular weight is 394 g/mol. The highest BCUT2D eigenvalue weighted by Gasteiger charge is 2.41. The van der Waals surface area contributed by atoms with Crippen molar-refractivity contribution in [3.63, 3.8) is 0 Å². The van der Waals surface area contributed by atoms with Crippen molar-refractivity contribution in [2.75, 3.05) is 25.6 Å². The van der Waals surface area contributed by atoms with Gasteiger partial charge in [0, 0.05) is 29.7 Å². The highest BCUT2D eigenvalue weighted by atomic mass is 19.1. The van der Waals surface area contributed by atoms with Crippen LogP contribution in [0.3, 0.4) is 0 Å². The first-order chi connectivity index (χ1) is 14.1. The molecule has 0 radical (unpaired) electrons. The molecule has 0 atom stereocenters. The molecule has 3 heterocycles. The molecule has 148 valence electrons. The van der Waals surface area contributed by atoms with Crippen molar-refractivity contribution >= 4 is 5.69 Å². The van der Waals surface area contributed by atoms with E-state index >= 15 is 0 Å². The molecule has 1 N–H and O–H groups in total. The number of fused-ring (bicyclic) bond motifs is 4. The molecule has 5 rings (SSSR count). The van der Waals surface area contributed by atoms with E-state index in [1.807, 2.05) is 0 Å². The molecule has 1 fully saturated rings. The third kappa shape index (κ3) is 2.87. The summed E-state index contributed by atoms with van der Waals surface area (Å²) in [5.41, 5.74) is 1.12. The molecule has 1 saturated heterocycles. The second kappa shape index (κ2) is 6.66. The molecule has 0 bridgehead atoms. The van der Waals surface area contributed by atoms with Gasteiger partial charge in [-0.2, -0.15) is 10.1 Å². The fourth-order valence-electron chi connectivity index (χ4n) is 3.95. The largest absolute Gasteiger partial charge is 0.497 e. The Bertz CT molecular complexity index is 1140. The summed E-state index contributed by atoms with van der Waals surface area (Å²) in [6.45, 7) is 1.06. The first-order valence-electron chi connectivity index (χ1n) is 9.42. The third-order valence-corrected chi connectivity index (χ3v) is 5.49. The first kappa shape index (κ1) is 17.8. The Labute approximate surface area is 166 Å². The van der Waals surface area contributed by atoms with Crippen LogP contribution in [0.2, 0.25) is 0 Å². The van der Waals surface area contributed by atoms with Crippen LogP contribution < -0.4 is 15.6 Å². The minimum Gasteiger partial charge on any atom is -0.497 e. The Hall–Kier alpha value is -3.26. The van der Waals surface area contributed by atoms with Gasteiger partial charge in [0.15, 0.2) is 11.5 Å². The van der Waals surface area contributed by atoms with E-state index in [0.717, 1.165) is 0 Å². The second-order valence-corrected chi connectivity index (χ2v) is 7.19. The summed E-state index contributed by atoms with van der Waals surface area (Å²) < 4.78 is 26.4. The summed E-state index contributed by atoms with van der Waals surface area (Å²) in [6.07, 6.45) is 1.24. The highest BCUT2D eigenvalue weighted by molar-refractivity contribution is 5.77. The maximum atomic E-state index is 13.9. The van der Waals surface area contributed by atoms with E-state index in [1.165, 1.54) is 12.1 Å². The first-order valence-corrected chi connectivity index (χ1v) is 9.42. The lowest BCUT2D eigenvalue weighted by Crippen LogP contribution is -2.51. The van der Waals surface area contributed by atoms with E-state index in [0.29, 0.717) is 54.4 Å². The summed E-state index contributed by atoms with van der Waals surface area (Å²) in [4.78, 5) is 17.2. The molecule has 8 heteroatoms. The number of hydrogen-bond acceptors (Lipinski definition) is 6. The maximum Gasteiger partial charge on any atom is 0.300 e. The lowest BCUT2D eigenvalue weighted by molar-refractivity contribution is 0.0272. The summed E-state index contributed by atoms with van der Waals surface area (Å²) in [5.74, 6) is 0.776. The van der Waals surface area contributed by atoms with Gasteiger partial charge in [-0.1, -0.05) is 0 Å². The maximum absolute atomic E-state index is 13.9. The molecule has 2 aliphatic rings. The van der Waals surface area contributed by atoms with E-state index < -0.39 is 11.2 Å². The van der Waals surface area contributed by atoms with Crippen molar-refractivity contribution in [2.45, 2.75) is 18.5 Å². The van der Waals surface area contributed by atoms with Gasteiger partial charge in [-0.3, -0.25) is 4.79 Å². The average Bonchev–Trinajstić information content (AvgIpc) is 2.74. The van der Waals surface area contributed by atoms with Crippen molar-refractivity contribution in [3.05, 3.63) is 58.6 Å². The highest BCUT2D eigenvalue weighted by Crippen LogP contribution is 2.41.